The Bertz CT molecular complexity index is 805. The number of ether oxygens (including phenoxy) is 3. The molecule has 2 N–H and O–H groups in total. The normalized spacial score (nSPS) is 25.0. The summed E-state index contributed by atoms with van der Waals surface area (Å²) in [5.41, 5.74) is 5.54. The van der Waals surface area contributed by atoms with Crippen LogP contribution in [0.5, 0.6) is 0 Å². The number of rotatable bonds is 5. The first-order chi connectivity index (χ1) is 13.1. The van der Waals surface area contributed by atoms with Crippen molar-refractivity contribution in [1.29, 1.82) is 5.26 Å². The molecule has 0 radical (unpaired) electrons. The van der Waals surface area contributed by atoms with E-state index in [-0.39, 0.29) is 17.7 Å². The third-order valence-corrected chi connectivity index (χ3v) is 4.48. The maximum absolute atomic E-state index is 14.2. The third kappa shape index (κ3) is 3.75. The summed E-state index contributed by atoms with van der Waals surface area (Å²) in [6.07, 6.45) is -5.16. The number of alkyl halides is 3. The van der Waals surface area contributed by atoms with E-state index >= 15 is 0 Å². The molecule has 6 nitrogen and oxygen atoms in total. The molecule has 1 aliphatic rings. The highest BCUT2D eigenvalue weighted by Crippen LogP contribution is 2.53. The molecule has 1 aromatic carbocycles. The van der Waals surface area contributed by atoms with Crippen molar-refractivity contribution in [1.82, 2.24) is 0 Å². The van der Waals surface area contributed by atoms with Gasteiger partial charge in [0, 0.05) is 17.5 Å². The summed E-state index contributed by atoms with van der Waals surface area (Å²) in [7, 11) is 0. The largest absolute Gasteiger partial charge is 0.466 e. The average Bonchev–Trinajstić information content (AvgIpc) is 2.61. The minimum absolute atomic E-state index is 0.177. The van der Waals surface area contributed by atoms with Crippen LogP contribution in [0.15, 0.2) is 35.7 Å². The van der Waals surface area contributed by atoms with Crippen molar-refractivity contribution in [3.05, 3.63) is 46.3 Å². The Morgan fingerprint density at radius 3 is 2.39 bits per heavy atom. The Kier molecular flexibility index (Phi) is 6.47. The quantitative estimate of drug-likeness (QED) is 0.734. The lowest BCUT2D eigenvalue weighted by Gasteiger charge is -2.45. The smallest absolute Gasteiger partial charge is 0.456 e. The third-order valence-electron chi connectivity index (χ3n) is 4.22. The number of benzene rings is 1. The molecule has 0 amide bonds. The zero-order chi connectivity index (χ0) is 21.1. The lowest BCUT2D eigenvalue weighted by atomic mass is 9.74. The molecule has 1 aliphatic heterocycles. The molecular weight excluding hydrogens is 401 g/mol. The van der Waals surface area contributed by atoms with E-state index < -0.39 is 42.3 Å². The number of carbonyl (C=O) groups excluding carboxylic acids is 1. The van der Waals surface area contributed by atoms with Crippen LogP contribution < -0.4 is 5.73 Å². The zero-order valence-corrected chi connectivity index (χ0v) is 15.8. The number of hydrogen-bond acceptors (Lipinski definition) is 6. The van der Waals surface area contributed by atoms with E-state index in [9.17, 15) is 23.2 Å². The van der Waals surface area contributed by atoms with Crippen molar-refractivity contribution in [2.45, 2.75) is 31.7 Å². The highest BCUT2D eigenvalue weighted by molar-refractivity contribution is 6.30. The van der Waals surface area contributed by atoms with Gasteiger partial charge in [-0.05, 0) is 31.5 Å². The van der Waals surface area contributed by atoms with E-state index in [4.69, 9.17) is 31.5 Å². The molecule has 0 fully saturated rings. The first kappa shape index (κ1) is 21.9. The van der Waals surface area contributed by atoms with E-state index in [2.05, 4.69) is 0 Å². The lowest BCUT2D eigenvalue weighted by molar-refractivity contribution is -0.391. The van der Waals surface area contributed by atoms with Gasteiger partial charge < -0.3 is 19.9 Å². The van der Waals surface area contributed by atoms with Crippen molar-refractivity contribution >= 4 is 17.6 Å². The maximum Gasteiger partial charge on any atom is 0.456 e. The van der Waals surface area contributed by atoms with Crippen LogP contribution in [0.25, 0.3) is 0 Å². The van der Waals surface area contributed by atoms with Gasteiger partial charge in [-0.25, -0.2) is 0 Å². The Labute approximate surface area is 164 Å². The first-order valence-electron chi connectivity index (χ1n) is 8.34. The van der Waals surface area contributed by atoms with Crippen molar-refractivity contribution < 1.29 is 32.2 Å². The Morgan fingerprint density at radius 1 is 1.32 bits per heavy atom. The van der Waals surface area contributed by atoms with Gasteiger partial charge in [0.2, 0.25) is 5.88 Å². The predicted molar refractivity (Wildman–Crippen MR) is 92.6 cm³/mol. The van der Waals surface area contributed by atoms with Gasteiger partial charge in [0.25, 0.3) is 0 Å². The number of allylic oxidation sites excluding steroid dienone is 1. The van der Waals surface area contributed by atoms with Crippen molar-refractivity contribution in [2.24, 2.45) is 11.7 Å². The fourth-order valence-corrected chi connectivity index (χ4v) is 3.27. The molecule has 0 spiro atoms. The number of nitrogens with zero attached hydrogens (tertiary/aromatic N) is 1. The van der Waals surface area contributed by atoms with E-state index in [1.54, 1.807) is 6.07 Å². The topological polar surface area (TPSA) is 94.6 Å². The van der Waals surface area contributed by atoms with Crippen LogP contribution in [0.4, 0.5) is 13.2 Å². The van der Waals surface area contributed by atoms with E-state index in [1.807, 2.05) is 0 Å². The van der Waals surface area contributed by atoms with Gasteiger partial charge in [-0.1, -0.05) is 23.7 Å². The molecular formula is C18H18ClF3N2O4. The Balaban J connectivity index is 2.82. The van der Waals surface area contributed by atoms with Gasteiger partial charge in [-0.3, -0.25) is 4.79 Å². The summed E-state index contributed by atoms with van der Waals surface area (Å²) >= 11 is 5.85. The summed E-state index contributed by atoms with van der Waals surface area (Å²) in [4.78, 5) is 12.7. The molecule has 0 saturated carbocycles. The minimum Gasteiger partial charge on any atom is -0.466 e. The van der Waals surface area contributed by atoms with E-state index in [0.29, 0.717) is 5.02 Å². The van der Waals surface area contributed by atoms with Crippen molar-refractivity contribution in [3.63, 3.8) is 0 Å². The van der Waals surface area contributed by atoms with E-state index in [0.717, 1.165) is 0 Å². The number of nitriles is 1. The molecule has 152 valence electrons. The number of nitrogens with two attached hydrogens (primary N) is 1. The molecule has 3 atom stereocenters. The van der Waals surface area contributed by atoms with Gasteiger partial charge in [0.05, 0.1) is 12.2 Å². The van der Waals surface area contributed by atoms with Crippen LogP contribution in [0.1, 0.15) is 25.3 Å². The van der Waals surface area contributed by atoms with Crippen LogP contribution in [0.2, 0.25) is 5.02 Å². The highest BCUT2D eigenvalue weighted by atomic mass is 35.5. The number of hydrogen-bond donors (Lipinski definition) is 1. The predicted octanol–water partition coefficient (Wildman–Crippen LogP) is 3.62. The van der Waals surface area contributed by atoms with Crippen LogP contribution in [0.3, 0.4) is 0 Å². The van der Waals surface area contributed by atoms with Gasteiger partial charge in [0.15, 0.2) is 0 Å². The van der Waals surface area contributed by atoms with Crippen LogP contribution >= 0.6 is 11.6 Å². The van der Waals surface area contributed by atoms with Gasteiger partial charge >= 0.3 is 17.9 Å². The molecule has 0 bridgehead atoms. The SMILES string of the molecule is CCOC(=O)C1C(c2ccc(Cl)cc2)C(C#N)=C(N)OC1(OCC)C(F)(F)F. The molecule has 1 aromatic rings. The van der Waals surface area contributed by atoms with Crippen LogP contribution in [-0.2, 0) is 19.0 Å². The summed E-state index contributed by atoms with van der Waals surface area (Å²) in [5.74, 6) is -8.89. The second-order valence-electron chi connectivity index (χ2n) is 5.85. The second-order valence-corrected chi connectivity index (χ2v) is 6.29. The maximum atomic E-state index is 14.2. The first-order valence-corrected chi connectivity index (χ1v) is 8.72. The van der Waals surface area contributed by atoms with Crippen molar-refractivity contribution in [2.75, 3.05) is 13.2 Å². The second kappa shape index (κ2) is 8.29. The minimum atomic E-state index is -5.16. The lowest BCUT2D eigenvalue weighted by Crippen LogP contribution is -2.62. The molecule has 0 aromatic heterocycles. The average molecular weight is 419 g/mol. The fourth-order valence-electron chi connectivity index (χ4n) is 3.15. The van der Waals surface area contributed by atoms with Crippen molar-refractivity contribution in [3.8, 4) is 6.07 Å². The summed E-state index contributed by atoms with van der Waals surface area (Å²) in [6, 6.07) is 7.40. The van der Waals surface area contributed by atoms with Gasteiger partial charge in [-0.15, -0.1) is 0 Å². The number of carbonyl (C=O) groups is 1. The Hall–Kier alpha value is -2.44. The molecule has 28 heavy (non-hydrogen) atoms. The molecule has 2 rings (SSSR count). The Morgan fingerprint density at radius 2 is 1.93 bits per heavy atom. The standard InChI is InChI=1S/C18H18ClF3N2O4/c1-3-26-16(25)14-13(10-5-7-11(19)8-6-10)12(9-23)15(24)28-17(14,27-4-2)18(20,21)22/h5-8,13-14H,3-4,24H2,1-2H3. The molecule has 3 unspecified atom stereocenters. The van der Waals surface area contributed by atoms with Gasteiger partial charge in [-0.2, -0.15) is 18.4 Å². The molecule has 10 heteroatoms. The molecule has 0 saturated heterocycles. The summed E-state index contributed by atoms with van der Waals surface area (Å²) < 4.78 is 57.2. The zero-order valence-electron chi connectivity index (χ0n) is 15.0. The van der Waals surface area contributed by atoms with Crippen LogP contribution in [-0.4, -0.2) is 31.1 Å². The highest BCUT2D eigenvalue weighted by Gasteiger charge is 2.71. The molecule has 0 aliphatic carbocycles. The fraction of sp³-hybridized carbons (Fsp3) is 0.444. The summed E-state index contributed by atoms with van der Waals surface area (Å²) in [6.45, 7) is 2.15. The van der Waals surface area contributed by atoms with E-state index in [1.165, 1.54) is 38.1 Å². The monoisotopic (exact) mass is 418 g/mol. The number of esters is 1. The number of halogens is 4. The summed E-state index contributed by atoms with van der Waals surface area (Å²) in [5, 5.41) is 9.84. The van der Waals surface area contributed by atoms with Crippen LogP contribution in [0, 0.1) is 17.2 Å². The van der Waals surface area contributed by atoms with Gasteiger partial charge in [0.1, 0.15) is 12.0 Å². The molecule has 1 heterocycles.